The largest absolute Gasteiger partial charge is 0.461 e. The minimum absolute atomic E-state index is 0. The van der Waals surface area contributed by atoms with Crippen LogP contribution in [0.15, 0.2) is 24.3 Å². The van der Waals surface area contributed by atoms with E-state index in [0.29, 0.717) is 0 Å². The highest BCUT2D eigenvalue weighted by molar-refractivity contribution is 5.85. The minimum Gasteiger partial charge on any atom is -0.428 e. The van der Waals surface area contributed by atoms with Gasteiger partial charge >= 0.3 is 12.5 Å². The Morgan fingerprint density at radius 1 is 1.25 bits per heavy atom. The van der Waals surface area contributed by atoms with Crippen molar-refractivity contribution in [3.63, 3.8) is 0 Å². The molecule has 1 aliphatic rings. The maximum Gasteiger partial charge on any atom is 0.461 e. The van der Waals surface area contributed by atoms with Gasteiger partial charge in [-0.05, 0) is 24.1 Å². The highest BCUT2D eigenvalue weighted by atomic mass is 35.5. The fourth-order valence-corrected chi connectivity index (χ4v) is 2.81. The molecule has 0 saturated carbocycles. The summed E-state index contributed by atoms with van der Waals surface area (Å²) in [6.07, 6.45) is -6.53. The summed E-state index contributed by atoms with van der Waals surface area (Å²) in [6.45, 7) is 5.53. The molecule has 138 valence electrons. The molecule has 1 fully saturated rings. The zero-order valence-corrected chi connectivity index (χ0v) is 14.3. The van der Waals surface area contributed by atoms with E-state index in [-0.39, 0.29) is 24.2 Å². The van der Waals surface area contributed by atoms with Gasteiger partial charge in [0.05, 0.1) is 0 Å². The Kier molecular flexibility index (Phi) is 8.26. The van der Waals surface area contributed by atoms with Crippen molar-refractivity contribution in [1.29, 1.82) is 0 Å². The molecule has 0 radical (unpaired) electrons. The normalized spacial score (nSPS) is 17.4. The average molecular weight is 371 g/mol. The van der Waals surface area contributed by atoms with E-state index in [0.717, 1.165) is 44.6 Å². The molecule has 0 unspecified atom stereocenters. The molecule has 1 saturated heterocycles. The molecule has 0 bridgehead atoms. The molecule has 3 nitrogen and oxygen atoms in total. The van der Waals surface area contributed by atoms with Crippen LogP contribution in [0.1, 0.15) is 31.4 Å². The van der Waals surface area contributed by atoms with Crippen LogP contribution in [0, 0.1) is 0 Å². The zero-order chi connectivity index (χ0) is 16.9. The molecule has 1 heterocycles. The molecular weight excluding hydrogens is 348 g/mol. The molecule has 0 aromatic heterocycles. The van der Waals surface area contributed by atoms with Gasteiger partial charge in [0.2, 0.25) is 0 Å². The minimum atomic E-state index is -4.48. The first-order chi connectivity index (χ1) is 10.9. The van der Waals surface area contributed by atoms with Gasteiger partial charge in [-0.3, -0.25) is 4.90 Å². The summed E-state index contributed by atoms with van der Waals surface area (Å²) in [5.41, 5.74) is 0.816. The predicted molar refractivity (Wildman–Crippen MR) is 87.4 cm³/mol. The Hall–Kier alpha value is -1.05. The van der Waals surface area contributed by atoms with Crippen molar-refractivity contribution in [3.8, 4) is 5.75 Å². The van der Waals surface area contributed by atoms with E-state index in [1.165, 1.54) is 12.1 Å². The van der Waals surface area contributed by atoms with E-state index >= 15 is 0 Å². The highest BCUT2D eigenvalue weighted by Gasteiger charge is 2.44. The number of hydrogen-bond acceptors (Lipinski definition) is 3. The van der Waals surface area contributed by atoms with E-state index in [4.69, 9.17) is 0 Å². The van der Waals surface area contributed by atoms with Gasteiger partial charge in [0.25, 0.3) is 0 Å². The van der Waals surface area contributed by atoms with Crippen molar-refractivity contribution in [2.24, 2.45) is 0 Å². The van der Waals surface area contributed by atoms with Crippen molar-refractivity contribution in [3.05, 3.63) is 29.8 Å². The second-order valence-electron chi connectivity index (χ2n) is 5.63. The monoisotopic (exact) mass is 370 g/mol. The summed E-state index contributed by atoms with van der Waals surface area (Å²) in [4.78, 5) is 2.28. The summed E-state index contributed by atoms with van der Waals surface area (Å²) < 4.78 is 54.9. The summed E-state index contributed by atoms with van der Waals surface area (Å²) in [7, 11) is 0. The van der Waals surface area contributed by atoms with Gasteiger partial charge in [0, 0.05) is 32.2 Å². The van der Waals surface area contributed by atoms with Crippen LogP contribution in [0.5, 0.6) is 5.75 Å². The molecule has 24 heavy (non-hydrogen) atoms. The Bertz CT molecular complexity index is 499. The molecular formula is C16H23ClF4N2O. The van der Waals surface area contributed by atoms with Crippen LogP contribution in [0.2, 0.25) is 0 Å². The fraction of sp³-hybridized carbons (Fsp3) is 0.625. The number of nitrogens with one attached hydrogen (secondary N) is 1. The number of piperazine rings is 1. The number of rotatable bonds is 7. The van der Waals surface area contributed by atoms with Crippen LogP contribution in [-0.4, -0.2) is 43.6 Å². The molecule has 1 N–H and O–H groups in total. The van der Waals surface area contributed by atoms with E-state index in [1.54, 1.807) is 6.07 Å². The van der Waals surface area contributed by atoms with Gasteiger partial charge in [-0.1, -0.05) is 25.5 Å². The Balaban J connectivity index is 0.00000288. The molecule has 1 aliphatic heterocycles. The third-order valence-corrected chi connectivity index (χ3v) is 3.91. The van der Waals surface area contributed by atoms with E-state index in [2.05, 4.69) is 21.9 Å². The Morgan fingerprint density at radius 2 is 1.92 bits per heavy atom. The second-order valence-corrected chi connectivity index (χ2v) is 5.63. The average Bonchev–Trinajstić information content (AvgIpc) is 2.53. The van der Waals surface area contributed by atoms with Gasteiger partial charge in [-0.25, -0.2) is 0 Å². The molecule has 1 aromatic rings. The lowest BCUT2D eigenvalue weighted by Crippen LogP contribution is -2.45. The first-order valence-corrected chi connectivity index (χ1v) is 7.83. The molecule has 1 atom stereocenters. The lowest BCUT2D eigenvalue weighted by molar-refractivity contribution is -0.253. The number of nitrogens with zero attached hydrogens (tertiary/aromatic N) is 1. The second kappa shape index (κ2) is 9.44. The van der Waals surface area contributed by atoms with Crippen molar-refractivity contribution in [2.75, 3.05) is 26.2 Å². The van der Waals surface area contributed by atoms with Crippen LogP contribution in [0.4, 0.5) is 17.6 Å². The number of benzene rings is 1. The predicted octanol–water partition coefficient (Wildman–Crippen LogP) is 4.09. The smallest absolute Gasteiger partial charge is 0.428 e. The fourth-order valence-electron chi connectivity index (χ4n) is 2.81. The molecule has 0 amide bonds. The Labute approximate surface area is 145 Å². The number of ether oxygens (including phenoxy) is 1. The maximum atomic E-state index is 13.1. The van der Waals surface area contributed by atoms with Crippen LogP contribution in [0.25, 0.3) is 0 Å². The summed E-state index contributed by atoms with van der Waals surface area (Å²) in [5.74, 6) is -0.232. The summed E-state index contributed by atoms with van der Waals surface area (Å²) >= 11 is 0. The van der Waals surface area contributed by atoms with Crippen LogP contribution in [0.3, 0.4) is 0 Å². The molecule has 2 rings (SSSR count). The van der Waals surface area contributed by atoms with Crippen molar-refractivity contribution in [1.82, 2.24) is 10.2 Å². The van der Waals surface area contributed by atoms with E-state index < -0.39 is 12.5 Å². The van der Waals surface area contributed by atoms with Crippen LogP contribution < -0.4 is 10.1 Å². The van der Waals surface area contributed by atoms with Crippen molar-refractivity contribution in [2.45, 2.75) is 38.3 Å². The number of hydrogen-bond donors (Lipinski definition) is 1. The number of alkyl halides is 4. The topological polar surface area (TPSA) is 24.5 Å². The summed E-state index contributed by atoms with van der Waals surface area (Å²) in [5, 5.41) is 3.27. The quantitative estimate of drug-likeness (QED) is 0.732. The van der Waals surface area contributed by atoms with Crippen molar-refractivity contribution >= 4 is 12.4 Å². The Morgan fingerprint density at radius 3 is 2.50 bits per heavy atom. The third-order valence-electron chi connectivity index (χ3n) is 3.91. The van der Waals surface area contributed by atoms with Gasteiger partial charge in [0.15, 0.2) is 0 Å². The zero-order valence-electron chi connectivity index (χ0n) is 13.5. The molecule has 0 spiro atoms. The highest BCUT2D eigenvalue weighted by Crippen LogP contribution is 2.32. The van der Waals surface area contributed by atoms with Gasteiger partial charge in [-0.15, -0.1) is 12.4 Å². The van der Waals surface area contributed by atoms with Crippen molar-refractivity contribution < 1.29 is 22.3 Å². The maximum absolute atomic E-state index is 13.1. The van der Waals surface area contributed by atoms with E-state index in [1.807, 2.05) is 6.07 Å². The van der Waals surface area contributed by atoms with Crippen LogP contribution >= 0.6 is 12.4 Å². The van der Waals surface area contributed by atoms with Crippen LogP contribution in [-0.2, 0) is 0 Å². The van der Waals surface area contributed by atoms with Gasteiger partial charge in [0.1, 0.15) is 5.75 Å². The third kappa shape index (κ3) is 5.50. The number of halogens is 5. The SMILES string of the molecule is CCC[C@H](c1cccc(OC(F)(F)C(F)F)c1)N1CCNCC1.Cl. The molecule has 0 aliphatic carbocycles. The lowest BCUT2D eigenvalue weighted by atomic mass is 9.99. The first-order valence-electron chi connectivity index (χ1n) is 7.83. The van der Waals surface area contributed by atoms with Gasteiger partial charge < -0.3 is 10.1 Å². The molecule has 8 heteroatoms. The standard InChI is InChI=1S/C16H22F4N2O.ClH/c1-2-4-14(22-9-7-21-8-10-22)12-5-3-6-13(11-12)23-16(19,20)15(17)18;/h3,5-6,11,14-15,21H,2,4,7-10H2,1H3;1H/t14-;/m1./s1. The molecule has 1 aromatic carbocycles. The summed E-state index contributed by atoms with van der Waals surface area (Å²) in [6, 6.07) is 6.19. The van der Waals surface area contributed by atoms with Gasteiger partial charge in [-0.2, -0.15) is 17.6 Å². The van der Waals surface area contributed by atoms with E-state index in [9.17, 15) is 17.6 Å². The lowest BCUT2D eigenvalue weighted by Gasteiger charge is -2.35. The first kappa shape index (κ1) is 21.0.